The van der Waals surface area contributed by atoms with Crippen molar-refractivity contribution in [1.82, 2.24) is 30.0 Å². The number of nitrogens with zero attached hydrogens (tertiary/aromatic N) is 4. The molecule has 0 saturated carbocycles. The second-order valence-corrected chi connectivity index (χ2v) is 6.05. The lowest BCUT2D eigenvalue weighted by atomic mass is 10.4. The Labute approximate surface area is 122 Å². The van der Waals surface area contributed by atoms with Gasteiger partial charge in [0.2, 0.25) is 16.4 Å². The van der Waals surface area contributed by atoms with Crippen LogP contribution in [0.1, 0.15) is 12.7 Å². The van der Waals surface area contributed by atoms with Gasteiger partial charge in [0.1, 0.15) is 4.90 Å². The normalized spacial score (nSPS) is 11.9. The fourth-order valence-electron chi connectivity index (χ4n) is 1.66. The van der Waals surface area contributed by atoms with Crippen LogP contribution in [0.25, 0.3) is 0 Å². The molecule has 9 nitrogen and oxygen atoms in total. The Kier molecular flexibility index (Phi) is 5.42. The Bertz CT molecular complexity index is 637. The summed E-state index contributed by atoms with van der Waals surface area (Å²) in [6.45, 7) is 4.43. The first-order valence-electron chi connectivity index (χ1n) is 6.60. The van der Waals surface area contributed by atoms with E-state index in [9.17, 15) is 8.42 Å². The maximum absolute atomic E-state index is 12.1. The summed E-state index contributed by atoms with van der Waals surface area (Å²) in [5.74, 6) is 0.457. The van der Waals surface area contributed by atoms with Crippen molar-refractivity contribution in [3.63, 3.8) is 0 Å². The van der Waals surface area contributed by atoms with Crippen LogP contribution in [0.3, 0.4) is 0 Å². The van der Waals surface area contributed by atoms with Crippen LogP contribution in [0.4, 0.5) is 0 Å². The van der Waals surface area contributed by atoms with Crippen molar-refractivity contribution in [3.05, 3.63) is 24.6 Å². The molecule has 0 aliphatic rings. The molecule has 2 rings (SSSR count). The van der Waals surface area contributed by atoms with Crippen LogP contribution >= 0.6 is 0 Å². The summed E-state index contributed by atoms with van der Waals surface area (Å²) in [5, 5.41) is 10.8. The minimum absolute atomic E-state index is 0.145. The first kappa shape index (κ1) is 15.6. The zero-order valence-electron chi connectivity index (χ0n) is 11.7. The molecule has 0 amide bonds. The molecule has 2 aromatic rings. The molecular weight excluding hydrogens is 296 g/mol. The second-order valence-electron chi connectivity index (χ2n) is 4.29. The number of aromatic nitrogens is 4. The second kappa shape index (κ2) is 7.29. The highest BCUT2D eigenvalue weighted by atomic mass is 32.2. The van der Waals surface area contributed by atoms with Gasteiger partial charge in [0.05, 0.1) is 12.7 Å². The minimum atomic E-state index is -3.56. The van der Waals surface area contributed by atoms with Crippen LogP contribution < -0.4 is 10.0 Å². The first-order valence-corrected chi connectivity index (χ1v) is 8.08. The van der Waals surface area contributed by atoms with Gasteiger partial charge in [0.15, 0.2) is 5.82 Å². The van der Waals surface area contributed by atoms with E-state index in [0.29, 0.717) is 18.8 Å². The fourth-order valence-corrected chi connectivity index (χ4v) is 2.64. The Morgan fingerprint density at radius 3 is 2.95 bits per heavy atom. The molecular formula is C11H18N6O3S. The number of hydrogen-bond acceptors (Lipinski definition) is 7. The van der Waals surface area contributed by atoms with Crippen LogP contribution in [0.15, 0.2) is 28.2 Å². The third-order valence-electron chi connectivity index (χ3n) is 2.74. The quantitative estimate of drug-likeness (QED) is 0.594. The molecule has 0 radical (unpaired) electrons. The SMILES string of the molecule is CCNCCn1cc(S(=O)(=O)NCCc2ncon2)cn1. The van der Waals surface area contributed by atoms with Crippen molar-refractivity contribution in [1.29, 1.82) is 0 Å². The number of sulfonamides is 1. The van der Waals surface area contributed by atoms with Gasteiger partial charge in [-0.25, -0.2) is 13.1 Å². The van der Waals surface area contributed by atoms with Crippen molar-refractivity contribution in [2.45, 2.75) is 24.8 Å². The fraction of sp³-hybridized carbons (Fsp3) is 0.545. The Hall–Kier alpha value is -1.78. The molecule has 0 atom stereocenters. The average molecular weight is 314 g/mol. The predicted octanol–water partition coefficient (Wildman–Crippen LogP) is -0.603. The topological polar surface area (TPSA) is 115 Å². The molecule has 0 aromatic carbocycles. The van der Waals surface area contributed by atoms with Gasteiger partial charge in [-0.05, 0) is 6.54 Å². The third-order valence-corrected chi connectivity index (χ3v) is 4.15. The molecule has 0 aliphatic carbocycles. The van der Waals surface area contributed by atoms with E-state index in [1.807, 2.05) is 6.92 Å². The van der Waals surface area contributed by atoms with Crippen molar-refractivity contribution in [3.8, 4) is 0 Å². The monoisotopic (exact) mass is 314 g/mol. The molecule has 21 heavy (non-hydrogen) atoms. The highest BCUT2D eigenvalue weighted by molar-refractivity contribution is 7.89. The molecule has 2 heterocycles. The lowest BCUT2D eigenvalue weighted by Gasteiger charge is -2.03. The van der Waals surface area contributed by atoms with E-state index in [2.05, 4.69) is 29.8 Å². The maximum atomic E-state index is 12.1. The van der Waals surface area contributed by atoms with E-state index in [-0.39, 0.29) is 11.4 Å². The van der Waals surface area contributed by atoms with Gasteiger partial charge in [-0.15, -0.1) is 0 Å². The standard InChI is InChI=1S/C11H18N6O3S/c1-2-12-5-6-17-8-10(7-14-17)21(18,19)15-4-3-11-13-9-20-16-11/h7-9,12,15H,2-6H2,1H3. The summed E-state index contributed by atoms with van der Waals surface area (Å²) in [4.78, 5) is 3.96. The number of nitrogens with one attached hydrogen (secondary N) is 2. The van der Waals surface area contributed by atoms with Gasteiger partial charge in [-0.1, -0.05) is 12.1 Å². The van der Waals surface area contributed by atoms with Gasteiger partial charge in [0.25, 0.3) is 0 Å². The van der Waals surface area contributed by atoms with Gasteiger partial charge in [-0.3, -0.25) is 4.68 Å². The summed E-state index contributed by atoms with van der Waals surface area (Å²) in [7, 11) is -3.56. The largest absolute Gasteiger partial charge is 0.343 e. The Morgan fingerprint density at radius 1 is 1.38 bits per heavy atom. The van der Waals surface area contributed by atoms with Crippen LogP contribution in [0.5, 0.6) is 0 Å². The highest BCUT2D eigenvalue weighted by Crippen LogP contribution is 2.06. The van der Waals surface area contributed by atoms with Crippen molar-refractivity contribution in [2.75, 3.05) is 19.6 Å². The molecule has 116 valence electrons. The van der Waals surface area contributed by atoms with Crippen LogP contribution in [-0.4, -0.2) is 48.0 Å². The summed E-state index contributed by atoms with van der Waals surface area (Å²) in [5.41, 5.74) is 0. The van der Waals surface area contributed by atoms with E-state index in [1.54, 1.807) is 4.68 Å². The van der Waals surface area contributed by atoms with Crippen molar-refractivity contribution < 1.29 is 12.9 Å². The van der Waals surface area contributed by atoms with E-state index in [0.717, 1.165) is 13.1 Å². The molecule has 0 fully saturated rings. The van der Waals surface area contributed by atoms with E-state index in [1.165, 1.54) is 18.8 Å². The summed E-state index contributed by atoms with van der Waals surface area (Å²) in [6, 6.07) is 0. The number of likely N-dealkylation sites (N-methyl/N-ethyl adjacent to an activating group) is 1. The third kappa shape index (κ3) is 4.62. The number of hydrogen-bond donors (Lipinski definition) is 2. The molecule has 0 unspecified atom stereocenters. The van der Waals surface area contributed by atoms with Gasteiger partial charge in [0, 0.05) is 25.7 Å². The highest BCUT2D eigenvalue weighted by Gasteiger charge is 2.16. The summed E-state index contributed by atoms with van der Waals surface area (Å²) >= 11 is 0. The van der Waals surface area contributed by atoms with Crippen molar-refractivity contribution >= 4 is 10.0 Å². The predicted molar refractivity (Wildman–Crippen MR) is 74.0 cm³/mol. The van der Waals surface area contributed by atoms with Crippen LogP contribution in [0, 0.1) is 0 Å². The zero-order valence-corrected chi connectivity index (χ0v) is 12.5. The molecule has 2 aromatic heterocycles. The van der Waals surface area contributed by atoms with E-state index >= 15 is 0 Å². The van der Waals surface area contributed by atoms with Gasteiger partial charge < -0.3 is 9.84 Å². The molecule has 0 bridgehead atoms. The smallest absolute Gasteiger partial charge is 0.243 e. The van der Waals surface area contributed by atoms with Crippen LogP contribution in [0.2, 0.25) is 0 Å². The van der Waals surface area contributed by atoms with E-state index < -0.39 is 10.0 Å². The molecule has 0 aliphatic heterocycles. The lowest BCUT2D eigenvalue weighted by molar-refractivity contribution is 0.410. The average Bonchev–Trinajstić information content (AvgIpc) is 3.10. The molecule has 0 spiro atoms. The van der Waals surface area contributed by atoms with Crippen LogP contribution in [-0.2, 0) is 23.0 Å². The van der Waals surface area contributed by atoms with E-state index in [4.69, 9.17) is 0 Å². The Morgan fingerprint density at radius 2 is 2.24 bits per heavy atom. The maximum Gasteiger partial charge on any atom is 0.243 e. The minimum Gasteiger partial charge on any atom is -0.343 e. The number of rotatable bonds is 9. The molecule has 10 heteroatoms. The lowest BCUT2D eigenvalue weighted by Crippen LogP contribution is -2.26. The first-order chi connectivity index (χ1) is 10.1. The Balaban J connectivity index is 1.86. The molecule has 0 saturated heterocycles. The van der Waals surface area contributed by atoms with Gasteiger partial charge >= 0.3 is 0 Å². The molecule has 2 N–H and O–H groups in total. The summed E-state index contributed by atoms with van der Waals surface area (Å²) < 4.78 is 32.8. The van der Waals surface area contributed by atoms with Gasteiger partial charge in [-0.2, -0.15) is 10.1 Å². The zero-order chi connectivity index (χ0) is 15.1. The summed E-state index contributed by atoms with van der Waals surface area (Å²) in [6.07, 6.45) is 4.42. The van der Waals surface area contributed by atoms with Crippen molar-refractivity contribution in [2.24, 2.45) is 0 Å².